The van der Waals surface area contributed by atoms with E-state index >= 15 is 0 Å². The second kappa shape index (κ2) is 8.82. The number of nitrogens with zero attached hydrogens (tertiary/aromatic N) is 2. The van der Waals surface area contributed by atoms with Crippen molar-refractivity contribution in [2.75, 3.05) is 38.0 Å². The van der Waals surface area contributed by atoms with Crippen molar-refractivity contribution in [2.24, 2.45) is 0 Å². The molecule has 0 saturated heterocycles. The highest BCUT2D eigenvalue weighted by Gasteiger charge is 2.24. The maximum atomic E-state index is 13.1. The van der Waals surface area contributed by atoms with E-state index in [4.69, 9.17) is 0 Å². The second-order valence-corrected chi connectivity index (χ2v) is 7.73. The Morgan fingerprint density at radius 1 is 1.08 bits per heavy atom. The summed E-state index contributed by atoms with van der Waals surface area (Å²) in [5.74, 6) is -0.208. The molecular weight excluding hydrogens is 350 g/mol. The summed E-state index contributed by atoms with van der Waals surface area (Å²) >= 11 is 0. The third-order valence-electron chi connectivity index (χ3n) is 4.04. The van der Waals surface area contributed by atoms with Gasteiger partial charge in [-0.25, -0.2) is 8.42 Å². The average molecular weight is 375 g/mol. The fourth-order valence-corrected chi connectivity index (χ4v) is 4.12. The summed E-state index contributed by atoms with van der Waals surface area (Å²) in [6.07, 6.45) is 0. The standard InChI is InChI=1S/C19H25N3O3S/c1-4-22(17-10-6-5-7-11-17)26(24,25)18-12-8-9-16(15-18)19(23)21(3)14-13-20-2/h5-12,15,20H,4,13-14H2,1-3H3. The third-order valence-corrected chi connectivity index (χ3v) is 5.94. The minimum atomic E-state index is -3.75. The molecule has 26 heavy (non-hydrogen) atoms. The van der Waals surface area contributed by atoms with Crippen LogP contribution in [-0.2, 0) is 10.0 Å². The molecule has 0 aliphatic heterocycles. The minimum Gasteiger partial charge on any atom is -0.340 e. The van der Waals surface area contributed by atoms with E-state index in [-0.39, 0.29) is 10.8 Å². The summed E-state index contributed by atoms with van der Waals surface area (Å²) in [6, 6.07) is 15.1. The molecule has 6 nitrogen and oxygen atoms in total. The normalized spacial score (nSPS) is 11.2. The Hall–Kier alpha value is -2.38. The van der Waals surface area contributed by atoms with Gasteiger partial charge in [0.2, 0.25) is 0 Å². The van der Waals surface area contributed by atoms with Gasteiger partial charge < -0.3 is 10.2 Å². The van der Waals surface area contributed by atoms with Gasteiger partial charge in [0.05, 0.1) is 10.6 Å². The topological polar surface area (TPSA) is 69.7 Å². The summed E-state index contributed by atoms with van der Waals surface area (Å²) in [5.41, 5.74) is 0.951. The van der Waals surface area contributed by atoms with Crippen molar-refractivity contribution in [1.82, 2.24) is 10.2 Å². The maximum absolute atomic E-state index is 13.1. The lowest BCUT2D eigenvalue weighted by Gasteiger charge is -2.23. The highest BCUT2D eigenvalue weighted by molar-refractivity contribution is 7.92. The van der Waals surface area contributed by atoms with Gasteiger partial charge in [-0.2, -0.15) is 0 Å². The van der Waals surface area contributed by atoms with E-state index in [0.29, 0.717) is 30.9 Å². The summed E-state index contributed by atoms with van der Waals surface area (Å²) in [6.45, 7) is 3.28. The summed E-state index contributed by atoms with van der Waals surface area (Å²) in [5, 5.41) is 2.98. The Balaban J connectivity index is 2.34. The van der Waals surface area contributed by atoms with Crippen LogP contribution in [0.2, 0.25) is 0 Å². The number of para-hydroxylation sites is 1. The molecule has 2 aromatic carbocycles. The van der Waals surface area contributed by atoms with Gasteiger partial charge in [0.25, 0.3) is 15.9 Å². The van der Waals surface area contributed by atoms with E-state index in [1.54, 1.807) is 55.3 Å². The highest BCUT2D eigenvalue weighted by atomic mass is 32.2. The Morgan fingerprint density at radius 2 is 1.77 bits per heavy atom. The molecule has 0 aliphatic carbocycles. The number of carbonyl (C=O) groups is 1. The fraction of sp³-hybridized carbons (Fsp3) is 0.316. The van der Waals surface area contributed by atoms with Crippen molar-refractivity contribution in [1.29, 1.82) is 0 Å². The van der Waals surface area contributed by atoms with E-state index in [0.717, 1.165) is 0 Å². The van der Waals surface area contributed by atoms with Crippen LogP contribution in [0.15, 0.2) is 59.5 Å². The van der Waals surface area contributed by atoms with Crippen LogP contribution >= 0.6 is 0 Å². The summed E-state index contributed by atoms with van der Waals surface area (Å²) in [7, 11) is -0.241. The van der Waals surface area contributed by atoms with E-state index in [9.17, 15) is 13.2 Å². The van der Waals surface area contributed by atoms with E-state index in [1.807, 2.05) is 13.1 Å². The van der Waals surface area contributed by atoms with E-state index in [1.165, 1.54) is 16.4 Å². The Labute approximate surface area is 155 Å². The van der Waals surface area contributed by atoms with Gasteiger partial charge in [-0.05, 0) is 44.3 Å². The molecule has 0 radical (unpaired) electrons. The predicted octanol–water partition coefficient (Wildman–Crippen LogP) is 2.19. The van der Waals surface area contributed by atoms with E-state index in [2.05, 4.69) is 5.32 Å². The van der Waals surface area contributed by atoms with Crippen molar-refractivity contribution in [3.05, 3.63) is 60.2 Å². The molecule has 1 amide bonds. The first-order chi connectivity index (χ1) is 12.4. The first-order valence-corrected chi connectivity index (χ1v) is 9.93. The molecule has 0 aromatic heterocycles. The quantitative estimate of drug-likeness (QED) is 0.768. The van der Waals surface area contributed by atoms with Gasteiger partial charge in [0.1, 0.15) is 0 Å². The molecule has 140 valence electrons. The van der Waals surface area contributed by atoms with Crippen LogP contribution in [0.3, 0.4) is 0 Å². The lowest BCUT2D eigenvalue weighted by Crippen LogP contribution is -2.33. The Morgan fingerprint density at radius 3 is 2.38 bits per heavy atom. The molecule has 2 aromatic rings. The van der Waals surface area contributed by atoms with Crippen LogP contribution in [0, 0.1) is 0 Å². The molecule has 0 spiro atoms. The molecule has 0 saturated carbocycles. The summed E-state index contributed by atoms with van der Waals surface area (Å²) < 4.78 is 27.5. The number of sulfonamides is 1. The zero-order chi connectivity index (χ0) is 19.2. The smallest absolute Gasteiger partial charge is 0.264 e. The summed E-state index contributed by atoms with van der Waals surface area (Å²) in [4.78, 5) is 14.2. The molecule has 7 heteroatoms. The molecule has 0 heterocycles. The lowest BCUT2D eigenvalue weighted by molar-refractivity contribution is 0.0796. The number of amides is 1. The lowest BCUT2D eigenvalue weighted by atomic mass is 10.2. The first-order valence-electron chi connectivity index (χ1n) is 8.49. The fourth-order valence-electron chi connectivity index (χ4n) is 2.60. The largest absolute Gasteiger partial charge is 0.340 e. The van der Waals surface area contributed by atoms with Crippen LogP contribution in [0.5, 0.6) is 0 Å². The number of likely N-dealkylation sites (N-methyl/N-ethyl adjacent to an activating group) is 2. The molecule has 0 fully saturated rings. The molecule has 2 rings (SSSR count). The number of carbonyl (C=O) groups excluding carboxylic acids is 1. The number of hydrogen-bond donors (Lipinski definition) is 1. The predicted molar refractivity (Wildman–Crippen MR) is 104 cm³/mol. The number of nitrogens with one attached hydrogen (secondary N) is 1. The van der Waals surface area contributed by atoms with Crippen LogP contribution in [0.25, 0.3) is 0 Å². The highest BCUT2D eigenvalue weighted by Crippen LogP contribution is 2.24. The van der Waals surface area contributed by atoms with Crippen molar-refractivity contribution in [3.63, 3.8) is 0 Å². The maximum Gasteiger partial charge on any atom is 0.264 e. The number of benzene rings is 2. The molecule has 0 bridgehead atoms. The SMILES string of the molecule is CCN(c1ccccc1)S(=O)(=O)c1cccc(C(=O)N(C)CCNC)c1. The van der Waals surface area contributed by atoms with Crippen LogP contribution in [0.1, 0.15) is 17.3 Å². The molecular formula is C19H25N3O3S. The van der Waals surface area contributed by atoms with Crippen molar-refractivity contribution >= 4 is 21.6 Å². The molecule has 1 N–H and O–H groups in total. The number of anilines is 1. The van der Waals surface area contributed by atoms with Gasteiger partial charge in [0, 0.05) is 32.2 Å². The second-order valence-electron chi connectivity index (χ2n) is 5.86. The molecule has 0 unspecified atom stereocenters. The average Bonchev–Trinajstić information content (AvgIpc) is 2.66. The van der Waals surface area contributed by atoms with Crippen LogP contribution in [0.4, 0.5) is 5.69 Å². The Bertz CT molecular complexity index is 838. The van der Waals surface area contributed by atoms with Crippen molar-refractivity contribution in [3.8, 4) is 0 Å². The molecule has 0 atom stereocenters. The van der Waals surface area contributed by atoms with Crippen molar-refractivity contribution in [2.45, 2.75) is 11.8 Å². The molecule has 0 aliphatic rings. The Kier molecular flexibility index (Phi) is 6.76. The van der Waals surface area contributed by atoms with Gasteiger partial charge in [-0.15, -0.1) is 0 Å². The van der Waals surface area contributed by atoms with Crippen LogP contribution < -0.4 is 9.62 Å². The van der Waals surface area contributed by atoms with E-state index < -0.39 is 10.0 Å². The van der Waals surface area contributed by atoms with Gasteiger partial charge in [0.15, 0.2) is 0 Å². The zero-order valence-electron chi connectivity index (χ0n) is 15.3. The zero-order valence-corrected chi connectivity index (χ0v) is 16.2. The van der Waals surface area contributed by atoms with Gasteiger partial charge in [-0.1, -0.05) is 24.3 Å². The minimum absolute atomic E-state index is 0.107. The van der Waals surface area contributed by atoms with Crippen LogP contribution in [-0.4, -0.2) is 53.0 Å². The van der Waals surface area contributed by atoms with Crippen molar-refractivity contribution < 1.29 is 13.2 Å². The number of hydrogen-bond acceptors (Lipinski definition) is 4. The number of rotatable bonds is 8. The van der Waals surface area contributed by atoms with Gasteiger partial charge >= 0.3 is 0 Å². The van der Waals surface area contributed by atoms with Gasteiger partial charge in [-0.3, -0.25) is 9.10 Å². The first kappa shape index (κ1) is 19.9. The monoisotopic (exact) mass is 375 g/mol. The third kappa shape index (κ3) is 4.42.